The zero-order chi connectivity index (χ0) is 11.5. The Kier molecular flexibility index (Phi) is 8.31. The highest BCUT2D eigenvalue weighted by atomic mass is 32.2. The minimum absolute atomic E-state index is 0.357. The lowest BCUT2D eigenvalue weighted by Crippen LogP contribution is -1.92. The van der Waals surface area contributed by atoms with E-state index in [9.17, 15) is 4.79 Å². The van der Waals surface area contributed by atoms with Crippen LogP contribution in [0.1, 0.15) is 6.92 Å². The van der Waals surface area contributed by atoms with Gasteiger partial charge in [0.25, 0.3) is 0 Å². The lowest BCUT2D eigenvalue weighted by molar-refractivity contribution is -0.134. The van der Waals surface area contributed by atoms with Crippen molar-refractivity contribution in [1.82, 2.24) is 0 Å². The summed E-state index contributed by atoms with van der Waals surface area (Å²) in [6.45, 7) is 1.78. The molecule has 0 unspecified atom stereocenters. The Bertz CT molecular complexity index is 340. The van der Waals surface area contributed by atoms with Crippen LogP contribution in [0.5, 0.6) is 0 Å². The van der Waals surface area contributed by atoms with E-state index in [1.54, 1.807) is 30.8 Å². The monoisotopic (exact) mass is 222 g/mol. The molecule has 2 nitrogen and oxygen atoms in total. The first-order chi connectivity index (χ1) is 7.24. The summed E-state index contributed by atoms with van der Waals surface area (Å²) in [7, 11) is 1.35. The van der Waals surface area contributed by atoms with Crippen LogP contribution in [0.25, 0.3) is 0 Å². The van der Waals surface area contributed by atoms with Crippen molar-refractivity contribution >= 4 is 17.7 Å². The van der Waals surface area contributed by atoms with Gasteiger partial charge in [0.15, 0.2) is 0 Å². The number of carbonyl (C=O) groups is 1. The zero-order valence-electron chi connectivity index (χ0n) is 9.11. The SMILES string of the molecule is CC#C\C=C/C(=C/C=C/C(=O)OC)SC. The number of ether oxygens (including phenoxy) is 1. The number of allylic oxidation sites excluding steroid dienone is 4. The summed E-state index contributed by atoms with van der Waals surface area (Å²) < 4.78 is 4.46. The van der Waals surface area contributed by atoms with Gasteiger partial charge in [-0.3, -0.25) is 0 Å². The molecule has 0 N–H and O–H groups in total. The molecule has 0 aliphatic heterocycles. The van der Waals surface area contributed by atoms with Crippen LogP contribution in [-0.4, -0.2) is 19.3 Å². The molecule has 15 heavy (non-hydrogen) atoms. The van der Waals surface area contributed by atoms with Crippen LogP contribution in [0, 0.1) is 11.8 Å². The fourth-order valence-electron chi connectivity index (χ4n) is 0.688. The number of rotatable bonds is 4. The third kappa shape index (κ3) is 7.65. The van der Waals surface area contributed by atoms with Crippen LogP contribution < -0.4 is 0 Å². The number of carbonyl (C=O) groups excluding carboxylic acids is 1. The zero-order valence-corrected chi connectivity index (χ0v) is 9.93. The van der Waals surface area contributed by atoms with Gasteiger partial charge in [-0.15, -0.1) is 17.7 Å². The molecule has 0 bridgehead atoms. The normalized spacial score (nSPS) is 11.5. The molecule has 0 aromatic carbocycles. The third-order valence-electron chi connectivity index (χ3n) is 1.40. The molecular weight excluding hydrogens is 208 g/mol. The van der Waals surface area contributed by atoms with Crippen LogP contribution in [0.3, 0.4) is 0 Å². The van der Waals surface area contributed by atoms with Crippen molar-refractivity contribution in [3.05, 3.63) is 35.3 Å². The van der Waals surface area contributed by atoms with Crippen molar-refractivity contribution in [2.75, 3.05) is 13.4 Å². The quantitative estimate of drug-likeness (QED) is 0.316. The lowest BCUT2D eigenvalue weighted by Gasteiger charge is -1.92. The van der Waals surface area contributed by atoms with Gasteiger partial charge < -0.3 is 4.74 Å². The van der Waals surface area contributed by atoms with Gasteiger partial charge in [-0.25, -0.2) is 4.79 Å². The fourth-order valence-corrected chi connectivity index (χ4v) is 1.11. The maximum absolute atomic E-state index is 10.8. The molecule has 0 rings (SSSR count). The topological polar surface area (TPSA) is 26.3 Å². The largest absolute Gasteiger partial charge is 0.466 e. The number of hydrogen-bond acceptors (Lipinski definition) is 3. The first kappa shape index (κ1) is 13.6. The number of esters is 1. The molecule has 0 aliphatic carbocycles. The maximum atomic E-state index is 10.8. The molecule has 0 aliphatic rings. The molecule has 0 atom stereocenters. The van der Waals surface area contributed by atoms with E-state index in [1.165, 1.54) is 13.2 Å². The second-order valence-electron chi connectivity index (χ2n) is 2.38. The third-order valence-corrected chi connectivity index (χ3v) is 2.15. The van der Waals surface area contributed by atoms with Crippen molar-refractivity contribution in [1.29, 1.82) is 0 Å². The highest BCUT2D eigenvalue weighted by molar-refractivity contribution is 8.02. The first-order valence-corrected chi connectivity index (χ1v) is 5.56. The maximum Gasteiger partial charge on any atom is 0.330 e. The van der Waals surface area contributed by atoms with E-state index >= 15 is 0 Å². The molecule has 0 radical (unpaired) electrons. The number of methoxy groups -OCH3 is 1. The second-order valence-corrected chi connectivity index (χ2v) is 3.26. The van der Waals surface area contributed by atoms with Crippen molar-refractivity contribution in [2.45, 2.75) is 6.92 Å². The Morgan fingerprint density at radius 3 is 2.67 bits per heavy atom. The summed E-state index contributed by atoms with van der Waals surface area (Å²) >= 11 is 1.58. The molecule has 0 heterocycles. The van der Waals surface area contributed by atoms with E-state index in [0.717, 1.165) is 4.91 Å². The Labute approximate surface area is 95.1 Å². The summed E-state index contributed by atoms with van der Waals surface area (Å²) in [6.07, 6.45) is 10.5. The molecule has 0 saturated heterocycles. The van der Waals surface area contributed by atoms with Gasteiger partial charge in [0.2, 0.25) is 0 Å². The first-order valence-electron chi connectivity index (χ1n) is 4.33. The van der Waals surface area contributed by atoms with Crippen LogP contribution in [0.4, 0.5) is 0 Å². The average Bonchev–Trinajstić information content (AvgIpc) is 2.26. The molecule has 0 spiro atoms. The predicted octanol–water partition coefficient (Wildman–Crippen LogP) is 2.54. The van der Waals surface area contributed by atoms with Crippen LogP contribution in [0.2, 0.25) is 0 Å². The lowest BCUT2D eigenvalue weighted by atomic mass is 10.4. The van der Waals surface area contributed by atoms with Crippen molar-refractivity contribution in [3.63, 3.8) is 0 Å². The Morgan fingerprint density at radius 1 is 1.40 bits per heavy atom. The van der Waals surface area contributed by atoms with E-state index in [2.05, 4.69) is 16.6 Å². The Morgan fingerprint density at radius 2 is 2.13 bits per heavy atom. The summed E-state index contributed by atoms with van der Waals surface area (Å²) in [5.41, 5.74) is 0. The Balaban J connectivity index is 4.38. The van der Waals surface area contributed by atoms with E-state index in [1.807, 2.05) is 18.4 Å². The van der Waals surface area contributed by atoms with Crippen LogP contribution in [-0.2, 0) is 9.53 Å². The molecule has 3 heteroatoms. The molecular formula is C12H14O2S. The summed E-state index contributed by atoms with van der Waals surface area (Å²) in [6, 6.07) is 0. The highest BCUT2D eigenvalue weighted by Crippen LogP contribution is 2.12. The van der Waals surface area contributed by atoms with E-state index in [4.69, 9.17) is 0 Å². The summed E-state index contributed by atoms with van der Waals surface area (Å²) in [4.78, 5) is 11.8. The van der Waals surface area contributed by atoms with E-state index in [-0.39, 0.29) is 5.97 Å². The van der Waals surface area contributed by atoms with Gasteiger partial charge in [0.1, 0.15) is 0 Å². The van der Waals surface area contributed by atoms with Gasteiger partial charge in [-0.05, 0) is 31.4 Å². The number of hydrogen-bond donors (Lipinski definition) is 0. The predicted molar refractivity (Wildman–Crippen MR) is 65.3 cm³/mol. The van der Waals surface area contributed by atoms with Gasteiger partial charge in [0.05, 0.1) is 7.11 Å². The second kappa shape index (κ2) is 9.17. The molecule has 0 fully saturated rings. The summed E-state index contributed by atoms with van der Waals surface area (Å²) in [5, 5.41) is 0. The average molecular weight is 222 g/mol. The van der Waals surface area contributed by atoms with Crippen LogP contribution in [0.15, 0.2) is 35.3 Å². The summed E-state index contributed by atoms with van der Waals surface area (Å²) in [5.74, 6) is 5.23. The molecule has 0 amide bonds. The molecule has 0 aromatic rings. The Hall–Kier alpha value is -1.40. The van der Waals surface area contributed by atoms with Crippen molar-refractivity contribution in [3.8, 4) is 11.8 Å². The highest BCUT2D eigenvalue weighted by Gasteiger charge is 1.89. The van der Waals surface area contributed by atoms with E-state index < -0.39 is 0 Å². The van der Waals surface area contributed by atoms with Crippen molar-refractivity contribution < 1.29 is 9.53 Å². The molecule has 0 aromatic heterocycles. The standard InChI is InChI=1S/C12H14O2S/c1-4-5-6-8-11(15-3)9-7-10-12(13)14-2/h6-10H,1-3H3/b8-6-,10-7+,11-9-. The fraction of sp³-hybridized carbons (Fsp3) is 0.250. The minimum atomic E-state index is -0.357. The number of thioether (sulfide) groups is 1. The minimum Gasteiger partial charge on any atom is -0.466 e. The van der Waals surface area contributed by atoms with E-state index in [0.29, 0.717) is 0 Å². The van der Waals surface area contributed by atoms with Crippen molar-refractivity contribution in [2.24, 2.45) is 0 Å². The van der Waals surface area contributed by atoms with Gasteiger partial charge >= 0.3 is 5.97 Å². The van der Waals surface area contributed by atoms with Crippen LogP contribution >= 0.6 is 11.8 Å². The van der Waals surface area contributed by atoms with Gasteiger partial charge in [0, 0.05) is 11.0 Å². The van der Waals surface area contributed by atoms with Gasteiger partial charge in [-0.2, -0.15) is 0 Å². The van der Waals surface area contributed by atoms with Gasteiger partial charge in [-0.1, -0.05) is 12.0 Å². The molecule has 80 valence electrons. The molecule has 0 saturated carbocycles. The smallest absolute Gasteiger partial charge is 0.330 e.